The van der Waals surface area contributed by atoms with E-state index >= 15 is 0 Å². The Hall–Kier alpha value is -3.22. The van der Waals surface area contributed by atoms with Crippen LogP contribution < -0.4 is 0 Å². The van der Waals surface area contributed by atoms with Crippen molar-refractivity contribution < 1.29 is 44.7 Å². The van der Waals surface area contributed by atoms with Crippen LogP contribution in [0.15, 0.2) is 42.5 Å². The Morgan fingerprint density at radius 2 is 1.78 bits per heavy atom. The highest BCUT2D eigenvalue weighted by Gasteiger charge is 2.44. The minimum Gasteiger partial charge on any atom is -0.508 e. The fourth-order valence-electron chi connectivity index (χ4n) is 6.43. The molecule has 0 saturated carbocycles. The monoisotopic (exact) mass is 646 g/mol. The predicted octanol–water partition coefficient (Wildman–Crippen LogP) is 3.25. The second kappa shape index (κ2) is 14.0. The quantitative estimate of drug-likeness (QED) is 0.205. The minimum absolute atomic E-state index is 0.0309. The van der Waals surface area contributed by atoms with Crippen LogP contribution in [0, 0.1) is 11.3 Å². The van der Waals surface area contributed by atoms with Crippen molar-refractivity contribution in [1.82, 2.24) is 9.80 Å². The number of carbonyl (C=O) groups excluding carboxylic acids is 1. The third kappa shape index (κ3) is 8.53. The highest BCUT2D eigenvalue weighted by atomic mass is 35.5. The van der Waals surface area contributed by atoms with Gasteiger partial charge in [0.2, 0.25) is 5.91 Å². The summed E-state index contributed by atoms with van der Waals surface area (Å²) in [6.07, 6.45) is -0.155. The smallest absolute Gasteiger partial charge is 0.336 e. The van der Waals surface area contributed by atoms with Gasteiger partial charge in [0.25, 0.3) is 0 Å². The second-order valence-corrected chi connectivity index (χ2v) is 13.7. The van der Waals surface area contributed by atoms with Gasteiger partial charge in [-0.15, -0.1) is 0 Å². The van der Waals surface area contributed by atoms with E-state index in [0.29, 0.717) is 30.2 Å². The van der Waals surface area contributed by atoms with E-state index in [4.69, 9.17) is 16.3 Å². The Bertz CT molecular complexity index is 1390. The molecule has 0 aliphatic carbocycles. The van der Waals surface area contributed by atoms with Gasteiger partial charge in [-0.05, 0) is 60.1 Å². The Morgan fingerprint density at radius 1 is 1.09 bits per heavy atom. The van der Waals surface area contributed by atoms with Crippen molar-refractivity contribution >= 4 is 29.4 Å². The number of benzene rings is 2. The molecule has 12 heteroatoms. The molecule has 246 valence electrons. The number of piperidine rings is 1. The van der Waals surface area contributed by atoms with Gasteiger partial charge in [-0.25, -0.2) is 4.79 Å². The lowest BCUT2D eigenvalue weighted by Crippen LogP contribution is -2.51. The number of fused-ring (bicyclic) bond motifs is 2. The summed E-state index contributed by atoms with van der Waals surface area (Å²) in [5.74, 6) is -4.32. The number of carboxylic acids is 2. The van der Waals surface area contributed by atoms with Gasteiger partial charge in [0.15, 0.2) is 5.60 Å². The molecule has 2 atom stereocenters. The molecule has 2 aliphatic heterocycles. The lowest BCUT2D eigenvalue weighted by molar-refractivity contribution is -0.169. The molecule has 1 amide bonds. The molecule has 0 aromatic heterocycles. The lowest BCUT2D eigenvalue weighted by atomic mass is 9.83. The molecule has 45 heavy (non-hydrogen) atoms. The number of aliphatic carboxylic acids is 2. The van der Waals surface area contributed by atoms with Crippen LogP contribution >= 0.6 is 11.6 Å². The fourth-order valence-corrected chi connectivity index (χ4v) is 6.63. The van der Waals surface area contributed by atoms with Crippen molar-refractivity contribution in [1.29, 1.82) is 0 Å². The normalized spacial score (nSPS) is 18.2. The van der Waals surface area contributed by atoms with Crippen LogP contribution in [0.1, 0.15) is 56.2 Å². The molecule has 2 aromatic rings. The molecular formula is C33H43ClN2O9. The van der Waals surface area contributed by atoms with Gasteiger partial charge < -0.3 is 40.1 Å². The van der Waals surface area contributed by atoms with Gasteiger partial charge >= 0.3 is 11.9 Å². The van der Waals surface area contributed by atoms with Crippen molar-refractivity contribution in [2.45, 2.75) is 63.8 Å². The summed E-state index contributed by atoms with van der Waals surface area (Å²) in [4.78, 5) is 40.5. The number of amides is 1. The van der Waals surface area contributed by atoms with Crippen molar-refractivity contribution in [2.75, 3.05) is 39.3 Å². The van der Waals surface area contributed by atoms with E-state index in [2.05, 4.69) is 17.0 Å². The first-order valence-electron chi connectivity index (χ1n) is 15.1. The molecule has 1 spiro atoms. The Kier molecular flexibility index (Phi) is 10.8. The van der Waals surface area contributed by atoms with Gasteiger partial charge in [0, 0.05) is 49.8 Å². The highest BCUT2D eigenvalue weighted by Crippen LogP contribution is 2.44. The first-order chi connectivity index (χ1) is 21.1. The summed E-state index contributed by atoms with van der Waals surface area (Å²) in [6.45, 7) is 5.94. The fraction of sp³-hybridized carbons (Fsp3) is 0.545. The third-order valence-corrected chi connectivity index (χ3v) is 9.26. The molecular weight excluding hydrogens is 604 g/mol. The van der Waals surface area contributed by atoms with Gasteiger partial charge in [-0.1, -0.05) is 49.7 Å². The van der Waals surface area contributed by atoms with E-state index < -0.39 is 41.7 Å². The summed E-state index contributed by atoms with van der Waals surface area (Å²) in [5.41, 5.74) is -0.815. The molecule has 4 rings (SSSR count). The summed E-state index contributed by atoms with van der Waals surface area (Å²) in [6, 6.07) is 12.9. The standard InChI is InChI=1S/C33H43ClN2O9/c1-31(2,21-37)20-36(28(39)15-32(44,30(42)43)16-29(40)41)18-22(13-24-14-25(38)7-8-27(24)34)17-35-11-9-33(10-12-35)26-6-4-3-5-23(26)19-45-33/h3-8,14,22,37-38,44H,9-13,15-21H2,1-2H3,(H,40,41)(H,42,43). The highest BCUT2D eigenvalue weighted by molar-refractivity contribution is 6.31. The molecule has 2 aromatic carbocycles. The maximum atomic E-state index is 13.7. The largest absolute Gasteiger partial charge is 0.508 e. The van der Waals surface area contributed by atoms with E-state index in [9.17, 15) is 39.9 Å². The zero-order chi connectivity index (χ0) is 33.0. The number of aliphatic hydroxyl groups is 2. The number of aromatic hydroxyl groups is 1. The number of carbonyl (C=O) groups is 3. The minimum atomic E-state index is -2.80. The number of hydrogen-bond acceptors (Lipinski definition) is 8. The molecule has 2 heterocycles. The number of likely N-dealkylation sites (tertiary alicyclic amines) is 1. The van der Waals surface area contributed by atoms with Crippen LogP contribution in [0.2, 0.25) is 5.02 Å². The van der Waals surface area contributed by atoms with Crippen molar-refractivity contribution in [3.63, 3.8) is 0 Å². The molecule has 1 saturated heterocycles. The lowest BCUT2D eigenvalue weighted by Gasteiger charge is -2.41. The number of aliphatic hydroxyl groups excluding tert-OH is 1. The second-order valence-electron chi connectivity index (χ2n) is 13.3. The maximum Gasteiger partial charge on any atom is 0.336 e. The number of phenolic OH excluding ortho intramolecular Hbond substituents is 1. The average Bonchev–Trinajstić information content (AvgIpc) is 3.33. The molecule has 0 radical (unpaired) electrons. The van der Waals surface area contributed by atoms with E-state index in [-0.39, 0.29) is 37.0 Å². The SMILES string of the molecule is CC(C)(CO)CN(CC(Cc1cc(O)ccc1Cl)CN1CCC2(CC1)OCc1ccccc12)C(=O)CC(O)(CC(=O)O)C(=O)O. The first kappa shape index (κ1) is 34.6. The first-order valence-corrected chi connectivity index (χ1v) is 15.5. The van der Waals surface area contributed by atoms with E-state index in [0.717, 1.165) is 25.9 Å². The van der Waals surface area contributed by atoms with Gasteiger partial charge in [0.05, 0.1) is 25.0 Å². The zero-order valence-electron chi connectivity index (χ0n) is 25.7. The molecule has 5 N–H and O–H groups in total. The Morgan fingerprint density at radius 3 is 2.42 bits per heavy atom. The average molecular weight is 647 g/mol. The van der Waals surface area contributed by atoms with Gasteiger partial charge in [0.1, 0.15) is 5.75 Å². The van der Waals surface area contributed by atoms with Crippen molar-refractivity contribution in [3.05, 3.63) is 64.2 Å². The number of phenols is 1. The maximum absolute atomic E-state index is 13.7. The Balaban J connectivity index is 1.58. The molecule has 2 unspecified atom stereocenters. The summed E-state index contributed by atoms with van der Waals surface area (Å²) < 4.78 is 6.32. The van der Waals surface area contributed by atoms with E-state index in [1.54, 1.807) is 26.0 Å². The summed E-state index contributed by atoms with van der Waals surface area (Å²) in [7, 11) is 0. The number of halogens is 1. The van der Waals surface area contributed by atoms with Crippen LogP contribution in [-0.2, 0) is 37.7 Å². The molecule has 0 bridgehead atoms. The van der Waals surface area contributed by atoms with Crippen LogP contribution in [0.5, 0.6) is 5.75 Å². The van der Waals surface area contributed by atoms with Crippen molar-refractivity contribution in [3.8, 4) is 5.75 Å². The zero-order valence-corrected chi connectivity index (χ0v) is 26.5. The van der Waals surface area contributed by atoms with Gasteiger partial charge in [-0.3, -0.25) is 9.59 Å². The summed E-state index contributed by atoms with van der Waals surface area (Å²) >= 11 is 6.50. The van der Waals surface area contributed by atoms with Crippen LogP contribution in [0.25, 0.3) is 0 Å². The van der Waals surface area contributed by atoms with Crippen LogP contribution in [0.3, 0.4) is 0 Å². The number of ether oxygens (including phenoxy) is 1. The topological polar surface area (TPSA) is 168 Å². The molecule has 11 nitrogen and oxygen atoms in total. The molecule has 1 fully saturated rings. The van der Waals surface area contributed by atoms with E-state index in [1.807, 2.05) is 12.1 Å². The number of nitrogens with zero attached hydrogens (tertiary/aromatic N) is 2. The summed E-state index contributed by atoms with van der Waals surface area (Å²) in [5, 5.41) is 50.1. The van der Waals surface area contributed by atoms with Crippen LogP contribution in [-0.4, -0.2) is 98.1 Å². The number of hydrogen-bond donors (Lipinski definition) is 5. The van der Waals surface area contributed by atoms with Crippen molar-refractivity contribution in [2.24, 2.45) is 11.3 Å². The number of carboxylic acid groups (broad SMARTS) is 2. The molecule has 2 aliphatic rings. The number of rotatable bonds is 14. The van der Waals surface area contributed by atoms with Crippen LogP contribution in [0.4, 0.5) is 0 Å². The van der Waals surface area contributed by atoms with E-state index in [1.165, 1.54) is 22.1 Å². The van der Waals surface area contributed by atoms with Gasteiger partial charge in [-0.2, -0.15) is 0 Å². The Labute approximate surface area is 268 Å². The predicted molar refractivity (Wildman–Crippen MR) is 166 cm³/mol. The third-order valence-electron chi connectivity index (χ3n) is 8.89.